The number of anilines is 1. The molecule has 51 heavy (non-hydrogen) atoms. The van der Waals surface area contributed by atoms with Crippen molar-refractivity contribution in [1.29, 1.82) is 0 Å². The van der Waals surface area contributed by atoms with Crippen LogP contribution in [0.1, 0.15) is 33.4 Å². The Morgan fingerprint density at radius 2 is 1.75 bits per heavy atom. The molecule has 2 aromatic heterocycles. The average molecular weight is 811 g/mol. The van der Waals surface area contributed by atoms with Crippen LogP contribution in [0.5, 0.6) is 0 Å². The molecule has 0 aromatic carbocycles. The molecule has 7 atom stereocenters. The summed E-state index contributed by atoms with van der Waals surface area (Å²) in [5.74, 6) is -1.08. The standard InChI is InChI=1S/C23H38N7O17P3S/c1-12(31)51-7-6-25-14(32)4-5-26-21(35)18(34)23(2,3)9-44-50(41,42)47-49(39,40)43-8-13-17(46-48(36,37)38)16(33)22(45-13)30-11-29-15-19(24)27-10-28-20(15)30/h10-11,13,16-18,22,33-34H,4-9H2,1-3H3,(H,25,32)(H,26,35)(H,39,40)(H,41,42)(H2,24,27,28)(H2,36,37,38)/t13-,16-,17-,18+,22-/m1/s1/i12+1. The molecular formula is C23H38N7O17P3S. The lowest BCUT2D eigenvalue weighted by atomic mass is 9.87. The number of amides is 2. The van der Waals surface area contributed by atoms with E-state index >= 15 is 0 Å². The van der Waals surface area contributed by atoms with Gasteiger partial charge in [0.1, 0.15) is 36.3 Å². The lowest BCUT2D eigenvalue weighted by Crippen LogP contribution is -2.46. The fourth-order valence-corrected chi connectivity index (χ4v) is 7.65. The van der Waals surface area contributed by atoms with Crippen molar-refractivity contribution >= 4 is 69.1 Å². The molecule has 2 aromatic rings. The quantitative estimate of drug-likeness (QED) is 0.0451. The Balaban J connectivity index is 1.55. The molecule has 1 aliphatic rings. The number of hydrogen-bond donors (Lipinski definition) is 9. The van der Waals surface area contributed by atoms with Crippen LogP contribution in [0.25, 0.3) is 11.2 Å². The van der Waals surface area contributed by atoms with E-state index in [1.54, 1.807) is 0 Å². The number of carbonyl (C=O) groups is 3. The highest BCUT2D eigenvalue weighted by Crippen LogP contribution is 2.61. The minimum atomic E-state index is -5.56. The number of nitrogens with zero attached hydrogens (tertiary/aromatic N) is 4. The molecule has 10 N–H and O–H groups in total. The molecule has 288 valence electrons. The van der Waals surface area contributed by atoms with Crippen LogP contribution in [0.15, 0.2) is 12.7 Å². The second kappa shape index (κ2) is 17.6. The summed E-state index contributed by atoms with van der Waals surface area (Å²) in [6, 6.07) is 0. The summed E-state index contributed by atoms with van der Waals surface area (Å²) in [7, 11) is -16.4. The Morgan fingerprint density at radius 3 is 2.39 bits per heavy atom. The summed E-state index contributed by atoms with van der Waals surface area (Å²) in [4.78, 5) is 85.9. The van der Waals surface area contributed by atoms with Crippen LogP contribution in [-0.4, -0.2) is 123 Å². The van der Waals surface area contributed by atoms with E-state index in [0.29, 0.717) is 5.75 Å². The Kier molecular flexibility index (Phi) is 14.8. The Labute approximate surface area is 293 Å². The number of ether oxygens (including phenoxy) is 1. The van der Waals surface area contributed by atoms with E-state index in [4.69, 9.17) is 19.5 Å². The maximum absolute atomic E-state index is 12.6. The zero-order valence-corrected chi connectivity index (χ0v) is 30.6. The van der Waals surface area contributed by atoms with E-state index in [2.05, 4.69) is 34.4 Å². The van der Waals surface area contributed by atoms with Gasteiger partial charge in [-0.2, -0.15) is 4.31 Å². The highest BCUT2D eigenvalue weighted by Gasteiger charge is 2.50. The topological polar surface area (TPSA) is 364 Å². The van der Waals surface area contributed by atoms with E-state index in [0.717, 1.165) is 29.0 Å². The summed E-state index contributed by atoms with van der Waals surface area (Å²) in [6.07, 6.45) is -6.88. The van der Waals surface area contributed by atoms with Gasteiger partial charge in [-0.15, -0.1) is 0 Å². The van der Waals surface area contributed by atoms with Crippen LogP contribution < -0.4 is 16.4 Å². The van der Waals surface area contributed by atoms with Crippen LogP contribution in [0.2, 0.25) is 0 Å². The monoisotopic (exact) mass is 810 g/mol. The number of carbonyl (C=O) groups excluding carboxylic acids is 3. The molecule has 24 nitrogen and oxygen atoms in total. The molecule has 1 saturated heterocycles. The first kappa shape index (κ1) is 43.0. The van der Waals surface area contributed by atoms with Gasteiger partial charge in [0.2, 0.25) is 11.8 Å². The van der Waals surface area contributed by atoms with Crippen LogP contribution in [0, 0.1) is 5.41 Å². The van der Waals surface area contributed by atoms with Crippen molar-refractivity contribution in [3.05, 3.63) is 12.7 Å². The van der Waals surface area contributed by atoms with Gasteiger partial charge in [-0.05, 0) is 0 Å². The number of nitrogens with two attached hydrogens (primary N) is 1. The van der Waals surface area contributed by atoms with Gasteiger partial charge in [0.25, 0.3) is 0 Å². The smallest absolute Gasteiger partial charge is 0.386 e. The number of nitrogen functional groups attached to an aromatic ring is 1. The van der Waals surface area contributed by atoms with Crippen molar-refractivity contribution in [2.75, 3.05) is 37.8 Å². The number of rotatable bonds is 19. The first-order chi connectivity index (χ1) is 23.5. The fraction of sp³-hybridized carbons (Fsp3) is 0.652. The number of aliphatic hydroxyl groups excluding tert-OH is 2. The van der Waals surface area contributed by atoms with Gasteiger partial charge >= 0.3 is 23.5 Å². The largest absolute Gasteiger partial charge is 0.481 e. The third kappa shape index (κ3) is 12.9. The molecule has 3 heterocycles. The molecular weight excluding hydrogens is 772 g/mol. The van der Waals surface area contributed by atoms with Crippen molar-refractivity contribution in [1.82, 2.24) is 30.2 Å². The molecule has 0 saturated carbocycles. The molecule has 0 bridgehead atoms. The molecule has 3 rings (SSSR count). The first-order valence-electron chi connectivity index (χ1n) is 14.5. The lowest BCUT2D eigenvalue weighted by Gasteiger charge is -2.30. The highest BCUT2D eigenvalue weighted by atomic mass is 32.2. The molecule has 0 spiro atoms. The third-order valence-corrected chi connectivity index (χ3v) is 10.7. The van der Waals surface area contributed by atoms with Crippen LogP contribution in [0.4, 0.5) is 5.82 Å². The summed E-state index contributed by atoms with van der Waals surface area (Å²) in [5.41, 5.74) is 4.26. The minimum Gasteiger partial charge on any atom is -0.386 e. The van der Waals surface area contributed by atoms with E-state index in [1.165, 1.54) is 20.8 Å². The van der Waals surface area contributed by atoms with Crippen LogP contribution >= 0.6 is 35.2 Å². The van der Waals surface area contributed by atoms with E-state index in [-0.39, 0.29) is 41.6 Å². The number of fused-ring (bicyclic) bond motifs is 1. The average Bonchev–Trinajstić information content (AvgIpc) is 3.57. The molecule has 0 radical (unpaired) electrons. The maximum atomic E-state index is 12.6. The van der Waals surface area contributed by atoms with Crippen molar-refractivity contribution in [2.24, 2.45) is 5.41 Å². The molecule has 2 amide bonds. The lowest BCUT2D eigenvalue weighted by molar-refractivity contribution is -0.137. The van der Waals surface area contributed by atoms with Gasteiger partial charge in [-0.1, -0.05) is 25.6 Å². The normalized spacial score (nSPS) is 22.6. The zero-order valence-electron chi connectivity index (χ0n) is 27.1. The Bertz CT molecular complexity index is 1710. The summed E-state index contributed by atoms with van der Waals surface area (Å²) in [6.45, 7) is 1.90. The van der Waals surface area contributed by atoms with Gasteiger partial charge in [-0.3, -0.25) is 32.5 Å². The molecule has 0 aliphatic carbocycles. The van der Waals surface area contributed by atoms with E-state index in [1.807, 2.05) is 0 Å². The van der Waals surface area contributed by atoms with Gasteiger partial charge < -0.3 is 50.9 Å². The molecule has 2 unspecified atom stereocenters. The minimum absolute atomic E-state index is 0.0310. The van der Waals surface area contributed by atoms with Crippen LogP contribution in [-0.2, 0) is 50.7 Å². The number of phosphoric ester groups is 3. The zero-order chi connectivity index (χ0) is 38.4. The molecule has 28 heteroatoms. The van der Waals surface area contributed by atoms with Crippen molar-refractivity contribution in [3.63, 3.8) is 0 Å². The molecule has 1 fully saturated rings. The predicted octanol–water partition coefficient (Wildman–Crippen LogP) is -1.32. The molecule has 1 aliphatic heterocycles. The number of aromatic nitrogens is 4. The second-order valence-electron chi connectivity index (χ2n) is 11.4. The van der Waals surface area contributed by atoms with Crippen LogP contribution in [0.3, 0.4) is 0 Å². The number of thioether (sulfide) groups is 1. The van der Waals surface area contributed by atoms with Crippen molar-refractivity contribution in [3.8, 4) is 0 Å². The maximum Gasteiger partial charge on any atom is 0.481 e. The summed E-state index contributed by atoms with van der Waals surface area (Å²) in [5, 5.41) is 26.1. The van der Waals surface area contributed by atoms with Gasteiger partial charge in [0, 0.05) is 37.6 Å². The number of imidazole rings is 1. The number of phosphoric acid groups is 3. The first-order valence-corrected chi connectivity index (χ1v) is 20.0. The fourth-order valence-electron chi connectivity index (χ4n) is 4.32. The van der Waals surface area contributed by atoms with Gasteiger partial charge in [0.15, 0.2) is 22.8 Å². The predicted molar refractivity (Wildman–Crippen MR) is 173 cm³/mol. The van der Waals surface area contributed by atoms with Crippen molar-refractivity contribution in [2.45, 2.75) is 57.8 Å². The third-order valence-electron chi connectivity index (χ3n) is 6.81. The summed E-state index contributed by atoms with van der Waals surface area (Å²) < 4.78 is 61.8. The van der Waals surface area contributed by atoms with E-state index < -0.39 is 84.6 Å². The van der Waals surface area contributed by atoms with Gasteiger partial charge in [-0.25, -0.2) is 28.6 Å². The second-order valence-corrected chi connectivity index (χ2v) is 16.9. The van der Waals surface area contributed by atoms with Gasteiger partial charge in [0.05, 0.1) is 19.5 Å². The Hall–Kier alpha value is -2.44. The highest BCUT2D eigenvalue weighted by molar-refractivity contribution is 8.13. The van der Waals surface area contributed by atoms with E-state index in [9.17, 15) is 57.9 Å². The SMILES string of the molecule is C[13C](=O)SCCNC(=O)CCNC(=O)[C@H](O)C(C)(C)COP(=O)(O)OP(=O)(O)OC[C@H]1O[C@@H](n2cnc3c(N)ncnc32)[C@H](O)[C@@H]1OP(=O)(O)O. The summed E-state index contributed by atoms with van der Waals surface area (Å²) >= 11 is 1.03. The Morgan fingerprint density at radius 1 is 1.08 bits per heavy atom. The number of aliphatic hydroxyl groups is 2. The number of nitrogens with one attached hydrogen (secondary N) is 2. The number of hydrogen-bond acceptors (Lipinski definition) is 18. The van der Waals surface area contributed by atoms with Crippen molar-refractivity contribution < 1.29 is 80.5 Å².